The second-order valence-electron chi connectivity index (χ2n) is 3.56. The summed E-state index contributed by atoms with van der Waals surface area (Å²) in [6, 6.07) is 7.54. The topological polar surface area (TPSA) is 74.6 Å². The highest BCUT2D eigenvalue weighted by atomic mass is 32.2. The molecule has 0 amide bonds. The number of hydrogen-bond acceptors (Lipinski definition) is 3. The summed E-state index contributed by atoms with van der Waals surface area (Å²) in [5.41, 5.74) is 0.653. The van der Waals surface area contributed by atoms with Crippen LogP contribution in [0.3, 0.4) is 0 Å². The van der Waals surface area contributed by atoms with Crippen molar-refractivity contribution in [2.24, 2.45) is 0 Å². The van der Waals surface area contributed by atoms with Crippen LogP contribution in [0.15, 0.2) is 35.2 Å². The minimum Gasteiger partial charge on any atom is -0.507 e. The maximum absolute atomic E-state index is 11.1. The minimum absolute atomic E-state index is 0.0306. The molecule has 0 aromatic heterocycles. The van der Waals surface area contributed by atoms with Crippen molar-refractivity contribution in [1.29, 1.82) is 0 Å². The number of phenolic OH excluding ortho intramolecular Hbond substituents is 1. The Labute approximate surface area is 92.9 Å². The summed E-state index contributed by atoms with van der Waals surface area (Å²) < 4.78 is 31.3. The van der Waals surface area contributed by atoms with Crippen LogP contribution in [0.25, 0.3) is 10.8 Å². The van der Waals surface area contributed by atoms with Crippen molar-refractivity contribution in [1.82, 2.24) is 0 Å². The van der Waals surface area contributed by atoms with E-state index in [1.54, 1.807) is 25.1 Å². The first-order chi connectivity index (χ1) is 7.41. The Morgan fingerprint density at radius 3 is 2.38 bits per heavy atom. The summed E-state index contributed by atoms with van der Waals surface area (Å²) >= 11 is 0. The Hall–Kier alpha value is -1.59. The Balaban J connectivity index is 2.96. The molecular weight excluding hydrogens is 228 g/mol. The van der Waals surface area contributed by atoms with E-state index in [1.807, 2.05) is 0 Å². The third kappa shape index (κ3) is 1.64. The van der Waals surface area contributed by atoms with E-state index in [4.69, 9.17) is 4.55 Å². The fraction of sp³-hybridized carbons (Fsp3) is 0.0909. The van der Waals surface area contributed by atoms with E-state index >= 15 is 0 Å². The van der Waals surface area contributed by atoms with Gasteiger partial charge in [-0.1, -0.05) is 24.3 Å². The zero-order chi connectivity index (χ0) is 11.9. The van der Waals surface area contributed by atoms with Gasteiger partial charge >= 0.3 is 0 Å². The van der Waals surface area contributed by atoms with Gasteiger partial charge in [-0.05, 0) is 18.6 Å². The molecule has 2 rings (SSSR count). The second kappa shape index (κ2) is 3.47. The minimum atomic E-state index is -4.27. The molecule has 0 fully saturated rings. The highest BCUT2D eigenvalue weighted by Gasteiger charge is 2.15. The molecule has 4 nitrogen and oxygen atoms in total. The Bertz CT molecular complexity index is 659. The molecule has 0 spiro atoms. The predicted molar refractivity (Wildman–Crippen MR) is 60.2 cm³/mol. The highest BCUT2D eigenvalue weighted by Crippen LogP contribution is 2.31. The van der Waals surface area contributed by atoms with E-state index in [0.29, 0.717) is 16.3 Å². The van der Waals surface area contributed by atoms with Crippen LogP contribution in [0.1, 0.15) is 5.56 Å². The van der Waals surface area contributed by atoms with Crippen LogP contribution < -0.4 is 0 Å². The van der Waals surface area contributed by atoms with Gasteiger partial charge in [-0.25, -0.2) is 0 Å². The largest absolute Gasteiger partial charge is 0.507 e. The highest BCUT2D eigenvalue weighted by molar-refractivity contribution is 7.86. The molecule has 0 atom stereocenters. The van der Waals surface area contributed by atoms with Gasteiger partial charge in [-0.3, -0.25) is 4.55 Å². The molecule has 0 unspecified atom stereocenters. The van der Waals surface area contributed by atoms with Gasteiger partial charge in [0, 0.05) is 10.8 Å². The van der Waals surface area contributed by atoms with Crippen molar-refractivity contribution in [3.8, 4) is 5.75 Å². The lowest BCUT2D eigenvalue weighted by atomic mass is 10.1. The molecule has 0 aliphatic rings. The summed E-state index contributed by atoms with van der Waals surface area (Å²) in [5.74, 6) is 0.0306. The quantitative estimate of drug-likeness (QED) is 0.746. The van der Waals surface area contributed by atoms with Gasteiger partial charge in [-0.15, -0.1) is 0 Å². The van der Waals surface area contributed by atoms with Gasteiger partial charge in [0.25, 0.3) is 10.1 Å². The smallest absolute Gasteiger partial charge is 0.295 e. The molecule has 16 heavy (non-hydrogen) atoms. The lowest BCUT2D eigenvalue weighted by molar-refractivity contribution is 0.477. The van der Waals surface area contributed by atoms with E-state index in [-0.39, 0.29) is 10.6 Å². The average molecular weight is 238 g/mol. The van der Waals surface area contributed by atoms with Gasteiger partial charge in [0.2, 0.25) is 0 Å². The first kappa shape index (κ1) is 10.9. The summed E-state index contributed by atoms with van der Waals surface area (Å²) in [7, 11) is -4.27. The monoisotopic (exact) mass is 238 g/mol. The van der Waals surface area contributed by atoms with E-state index in [0.717, 1.165) is 0 Å². The fourth-order valence-corrected chi connectivity index (χ4v) is 2.35. The van der Waals surface area contributed by atoms with Crippen LogP contribution in [-0.2, 0) is 10.1 Å². The van der Waals surface area contributed by atoms with Crippen LogP contribution >= 0.6 is 0 Å². The third-order valence-corrected chi connectivity index (χ3v) is 3.38. The van der Waals surface area contributed by atoms with Gasteiger partial charge in [0.15, 0.2) is 0 Å². The maximum atomic E-state index is 11.1. The number of fused-ring (bicyclic) bond motifs is 1. The summed E-state index contributed by atoms with van der Waals surface area (Å²) in [5, 5.41) is 10.5. The number of rotatable bonds is 1. The molecule has 0 aliphatic heterocycles. The molecule has 0 saturated carbocycles. The molecule has 2 N–H and O–H groups in total. The lowest BCUT2D eigenvalue weighted by Gasteiger charge is -2.07. The Morgan fingerprint density at radius 2 is 1.75 bits per heavy atom. The maximum Gasteiger partial charge on any atom is 0.295 e. The second-order valence-corrected chi connectivity index (χ2v) is 4.95. The van der Waals surface area contributed by atoms with Gasteiger partial charge in [0.05, 0.1) is 0 Å². The first-order valence-corrected chi connectivity index (χ1v) is 6.04. The Kier molecular flexibility index (Phi) is 2.36. The standard InChI is InChI=1S/C11H10O4S/c1-7-5-6-8-9(11(7)12)3-2-4-10(8)16(13,14)15/h2-6,12H,1H3,(H,13,14,15). The summed E-state index contributed by atoms with van der Waals surface area (Å²) in [4.78, 5) is -0.194. The molecule has 5 heteroatoms. The molecule has 2 aromatic carbocycles. The molecular formula is C11H10O4S. The zero-order valence-corrected chi connectivity index (χ0v) is 9.32. The first-order valence-electron chi connectivity index (χ1n) is 4.60. The van der Waals surface area contributed by atoms with Gasteiger partial charge in [-0.2, -0.15) is 8.42 Å². The van der Waals surface area contributed by atoms with Crippen molar-refractivity contribution in [3.63, 3.8) is 0 Å². The third-order valence-electron chi connectivity index (χ3n) is 2.47. The number of hydrogen-bond donors (Lipinski definition) is 2. The van der Waals surface area contributed by atoms with Crippen LogP contribution in [-0.4, -0.2) is 18.1 Å². The predicted octanol–water partition coefficient (Wildman–Crippen LogP) is 2.10. The molecule has 0 aliphatic carbocycles. The zero-order valence-electron chi connectivity index (χ0n) is 8.51. The van der Waals surface area contributed by atoms with Crippen molar-refractivity contribution < 1.29 is 18.1 Å². The van der Waals surface area contributed by atoms with Crippen molar-refractivity contribution >= 4 is 20.9 Å². The molecule has 2 aromatic rings. The van der Waals surface area contributed by atoms with Crippen LogP contribution in [0.5, 0.6) is 5.75 Å². The van der Waals surface area contributed by atoms with Gasteiger partial charge in [0.1, 0.15) is 10.6 Å². The Morgan fingerprint density at radius 1 is 1.06 bits per heavy atom. The molecule has 0 radical (unpaired) electrons. The molecule has 0 bridgehead atoms. The van der Waals surface area contributed by atoms with E-state index in [1.165, 1.54) is 12.1 Å². The van der Waals surface area contributed by atoms with Crippen molar-refractivity contribution in [2.45, 2.75) is 11.8 Å². The van der Waals surface area contributed by atoms with E-state index in [2.05, 4.69) is 0 Å². The van der Waals surface area contributed by atoms with Crippen LogP contribution in [0.2, 0.25) is 0 Å². The number of phenols is 1. The van der Waals surface area contributed by atoms with E-state index < -0.39 is 10.1 Å². The SMILES string of the molecule is Cc1ccc2c(S(=O)(=O)O)cccc2c1O. The lowest BCUT2D eigenvalue weighted by Crippen LogP contribution is -1.98. The van der Waals surface area contributed by atoms with Crippen molar-refractivity contribution in [2.75, 3.05) is 0 Å². The molecule has 0 heterocycles. The van der Waals surface area contributed by atoms with Crippen LogP contribution in [0, 0.1) is 6.92 Å². The number of benzene rings is 2. The van der Waals surface area contributed by atoms with E-state index in [9.17, 15) is 13.5 Å². The summed E-state index contributed by atoms with van der Waals surface area (Å²) in [6.07, 6.45) is 0. The van der Waals surface area contributed by atoms with Crippen LogP contribution in [0.4, 0.5) is 0 Å². The molecule has 84 valence electrons. The fourth-order valence-electron chi connectivity index (χ4n) is 1.65. The normalized spacial score (nSPS) is 11.9. The number of aromatic hydroxyl groups is 1. The van der Waals surface area contributed by atoms with Crippen molar-refractivity contribution in [3.05, 3.63) is 35.9 Å². The average Bonchev–Trinajstić information content (AvgIpc) is 2.21. The van der Waals surface area contributed by atoms with Gasteiger partial charge < -0.3 is 5.11 Å². The molecule has 0 saturated heterocycles. The number of aryl methyl sites for hydroxylation is 1. The summed E-state index contributed by atoms with van der Waals surface area (Å²) in [6.45, 7) is 1.72.